The van der Waals surface area contributed by atoms with E-state index in [1.165, 1.54) is 13.0 Å². The molecule has 0 radical (unpaired) electrons. The number of sulfonamides is 1. The van der Waals surface area contributed by atoms with Crippen LogP contribution in [0.25, 0.3) is 0 Å². The van der Waals surface area contributed by atoms with Crippen molar-refractivity contribution < 1.29 is 22.8 Å². The third-order valence-electron chi connectivity index (χ3n) is 2.76. The van der Waals surface area contributed by atoms with Crippen molar-refractivity contribution in [2.24, 2.45) is 5.14 Å². The first-order valence-corrected chi connectivity index (χ1v) is 7.75. The van der Waals surface area contributed by atoms with Crippen LogP contribution in [0.15, 0.2) is 17.0 Å². The summed E-state index contributed by atoms with van der Waals surface area (Å²) in [7, 11) is -2.43. The van der Waals surface area contributed by atoms with E-state index < -0.39 is 20.6 Å². The highest BCUT2D eigenvalue weighted by molar-refractivity contribution is 7.89. The quantitative estimate of drug-likeness (QED) is 0.438. The number of rotatable bonds is 8. The van der Waals surface area contributed by atoms with Crippen molar-refractivity contribution in [2.45, 2.75) is 24.7 Å². The first-order valence-electron chi connectivity index (χ1n) is 6.21. The largest absolute Gasteiger partial charge is 0.487 e. The van der Waals surface area contributed by atoms with Crippen molar-refractivity contribution in [1.29, 1.82) is 0 Å². The van der Waals surface area contributed by atoms with E-state index >= 15 is 0 Å². The lowest BCUT2D eigenvalue weighted by Gasteiger charge is -2.10. The molecule has 1 rings (SSSR count). The first-order chi connectivity index (χ1) is 9.77. The normalized spacial score (nSPS) is 11.4. The molecule has 0 atom stereocenters. The van der Waals surface area contributed by atoms with Gasteiger partial charge in [-0.3, -0.25) is 10.1 Å². The number of nitro groups is 1. The Morgan fingerprint density at radius 3 is 2.43 bits per heavy atom. The number of nitro benzene ring substituents is 1. The molecule has 0 bridgehead atoms. The van der Waals surface area contributed by atoms with E-state index in [1.807, 2.05) is 0 Å². The van der Waals surface area contributed by atoms with Gasteiger partial charge in [-0.15, -0.1) is 0 Å². The Morgan fingerprint density at radius 1 is 1.29 bits per heavy atom. The molecule has 0 aliphatic heterocycles. The number of hydrogen-bond donors (Lipinski definition) is 1. The number of ether oxygens (including phenoxy) is 2. The Hall–Kier alpha value is -1.71. The van der Waals surface area contributed by atoms with Crippen LogP contribution in [0.1, 0.15) is 18.4 Å². The first kappa shape index (κ1) is 17.3. The highest BCUT2D eigenvalue weighted by Crippen LogP contribution is 2.32. The summed E-state index contributed by atoms with van der Waals surface area (Å²) in [4.78, 5) is 10.0. The van der Waals surface area contributed by atoms with Crippen LogP contribution >= 0.6 is 0 Å². The lowest BCUT2D eigenvalue weighted by molar-refractivity contribution is -0.386. The second kappa shape index (κ2) is 7.34. The molecule has 9 heteroatoms. The highest BCUT2D eigenvalue weighted by atomic mass is 32.2. The van der Waals surface area contributed by atoms with Gasteiger partial charge >= 0.3 is 5.69 Å². The predicted molar refractivity (Wildman–Crippen MR) is 75.8 cm³/mol. The van der Waals surface area contributed by atoms with E-state index in [1.54, 1.807) is 7.11 Å². The summed E-state index contributed by atoms with van der Waals surface area (Å²) in [5, 5.41) is 16.0. The number of nitrogens with zero attached hydrogens (tertiary/aromatic N) is 1. The Bertz CT molecular complexity index is 614. The van der Waals surface area contributed by atoms with Crippen molar-refractivity contribution in [1.82, 2.24) is 0 Å². The fourth-order valence-corrected chi connectivity index (χ4v) is 2.53. The van der Waals surface area contributed by atoms with Gasteiger partial charge < -0.3 is 9.47 Å². The molecular weight excluding hydrogens is 300 g/mol. The summed E-state index contributed by atoms with van der Waals surface area (Å²) in [5.74, 6) is 0.0299. The molecule has 0 aromatic heterocycles. The van der Waals surface area contributed by atoms with Gasteiger partial charge in [0.15, 0.2) is 5.75 Å². The van der Waals surface area contributed by atoms with E-state index in [0.29, 0.717) is 18.6 Å². The van der Waals surface area contributed by atoms with E-state index in [0.717, 1.165) is 12.5 Å². The minimum Gasteiger partial charge on any atom is -0.487 e. The molecule has 0 amide bonds. The molecule has 0 spiro atoms. The third-order valence-corrected chi connectivity index (χ3v) is 3.81. The molecule has 2 N–H and O–H groups in total. The van der Waals surface area contributed by atoms with Gasteiger partial charge in [-0.05, 0) is 31.4 Å². The maximum Gasteiger partial charge on any atom is 0.312 e. The zero-order valence-electron chi connectivity index (χ0n) is 11.9. The molecule has 21 heavy (non-hydrogen) atoms. The van der Waals surface area contributed by atoms with E-state index in [-0.39, 0.29) is 17.3 Å². The van der Waals surface area contributed by atoms with E-state index in [9.17, 15) is 18.5 Å². The Morgan fingerprint density at radius 2 is 1.90 bits per heavy atom. The minimum absolute atomic E-state index is 0.0299. The Balaban J connectivity index is 2.99. The average molecular weight is 318 g/mol. The summed E-state index contributed by atoms with van der Waals surface area (Å²) < 4.78 is 33.0. The van der Waals surface area contributed by atoms with E-state index in [4.69, 9.17) is 14.6 Å². The molecule has 1 aromatic rings. The molecule has 0 fully saturated rings. The van der Waals surface area contributed by atoms with Crippen LogP contribution < -0.4 is 9.88 Å². The molecule has 0 aliphatic carbocycles. The summed E-state index contributed by atoms with van der Waals surface area (Å²) in [5.41, 5.74) is -0.119. The Labute approximate surface area is 123 Å². The molecule has 0 unspecified atom stereocenters. The molecule has 8 nitrogen and oxygen atoms in total. The van der Waals surface area contributed by atoms with Crippen molar-refractivity contribution in [3.05, 3.63) is 27.8 Å². The molecule has 0 heterocycles. The monoisotopic (exact) mass is 318 g/mol. The fraction of sp³-hybridized carbons (Fsp3) is 0.500. The number of benzene rings is 1. The van der Waals surface area contributed by atoms with Gasteiger partial charge in [0, 0.05) is 19.8 Å². The lowest BCUT2D eigenvalue weighted by Crippen LogP contribution is -2.14. The molecule has 0 saturated heterocycles. The van der Waals surface area contributed by atoms with E-state index in [2.05, 4.69) is 0 Å². The average Bonchev–Trinajstić information content (AvgIpc) is 2.36. The maximum absolute atomic E-state index is 11.4. The zero-order valence-corrected chi connectivity index (χ0v) is 12.7. The molecule has 118 valence electrons. The van der Waals surface area contributed by atoms with Crippen LogP contribution in [-0.2, 0) is 14.8 Å². The molecule has 0 aliphatic rings. The highest BCUT2D eigenvalue weighted by Gasteiger charge is 2.22. The molecule has 1 aromatic carbocycles. The van der Waals surface area contributed by atoms with Crippen LogP contribution in [0.5, 0.6) is 5.75 Å². The van der Waals surface area contributed by atoms with Crippen LogP contribution in [0.4, 0.5) is 5.69 Å². The van der Waals surface area contributed by atoms with Crippen LogP contribution in [-0.4, -0.2) is 33.7 Å². The SMILES string of the molecule is COCCCCOc1cc(C)c(S(N)(=O)=O)cc1[N+](=O)[O-]. The summed E-state index contributed by atoms with van der Waals surface area (Å²) in [6.07, 6.45) is 1.43. The zero-order chi connectivity index (χ0) is 16.0. The topological polar surface area (TPSA) is 122 Å². The van der Waals surface area contributed by atoms with Crippen LogP contribution in [0, 0.1) is 17.0 Å². The van der Waals surface area contributed by atoms with Gasteiger partial charge in [0.25, 0.3) is 0 Å². The van der Waals surface area contributed by atoms with Crippen molar-refractivity contribution >= 4 is 15.7 Å². The van der Waals surface area contributed by atoms with Crippen molar-refractivity contribution in [3.63, 3.8) is 0 Å². The molecular formula is C12H18N2O6S. The number of hydrogen-bond acceptors (Lipinski definition) is 6. The predicted octanol–water partition coefficient (Wildman–Crippen LogP) is 1.36. The second-order valence-electron chi connectivity index (χ2n) is 4.44. The van der Waals surface area contributed by atoms with Crippen molar-refractivity contribution in [3.8, 4) is 5.75 Å². The van der Waals surface area contributed by atoms with Gasteiger partial charge in [-0.1, -0.05) is 0 Å². The van der Waals surface area contributed by atoms with Crippen LogP contribution in [0.3, 0.4) is 0 Å². The fourth-order valence-electron chi connectivity index (χ4n) is 1.75. The maximum atomic E-state index is 11.4. The number of unbranched alkanes of at least 4 members (excludes halogenated alkanes) is 1. The van der Waals surface area contributed by atoms with Gasteiger partial charge in [0.1, 0.15) is 0 Å². The number of aryl methyl sites for hydroxylation is 1. The van der Waals surface area contributed by atoms with Gasteiger partial charge in [-0.2, -0.15) is 0 Å². The lowest BCUT2D eigenvalue weighted by atomic mass is 10.2. The Kier molecular flexibility index (Phi) is 6.06. The van der Waals surface area contributed by atoms with Crippen LogP contribution in [0.2, 0.25) is 0 Å². The summed E-state index contributed by atoms with van der Waals surface area (Å²) >= 11 is 0. The third kappa shape index (κ3) is 4.96. The second-order valence-corrected chi connectivity index (χ2v) is 5.97. The summed E-state index contributed by atoms with van der Waals surface area (Å²) in [6.45, 7) is 2.36. The standard InChI is InChI=1S/C12H18N2O6S/c1-9-7-11(20-6-4-3-5-19-2)10(14(15)16)8-12(9)21(13,17)18/h7-8H,3-6H2,1-2H3,(H2,13,17,18). The van der Waals surface area contributed by atoms with Gasteiger partial charge in [-0.25, -0.2) is 13.6 Å². The minimum atomic E-state index is -4.02. The summed E-state index contributed by atoms with van der Waals surface area (Å²) in [6, 6.07) is 2.24. The smallest absolute Gasteiger partial charge is 0.312 e. The number of nitrogens with two attached hydrogens (primary N) is 1. The number of methoxy groups -OCH3 is 1. The van der Waals surface area contributed by atoms with Crippen molar-refractivity contribution in [2.75, 3.05) is 20.3 Å². The van der Waals surface area contributed by atoms with Gasteiger partial charge in [0.05, 0.1) is 16.4 Å². The number of primary sulfonamides is 1. The van der Waals surface area contributed by atoms with Gasteiger partial charge in [0.2, 0.25) is 10.0 Å². The molecule has 0 saturated carbocycles.